The molecule has 0 aliphatic heterocycles. The predicted molar refractivity (Wildman–Crippen MR) is 68.6 cm³/mol. The molecule has 0 aliphatic carbocycles. The molecule has 86 valence electrons. The lowest BCUT2D eigenvalue weighted by atomic mass is 9.85. The molecule has 0 radical (unpaired) electrons. The van der Waals surface area contributed by atoms with Crippen molar-refractivity contribution in [3.8, 4) is 6.07 Å². The lowest BCUT2D eigenvalue weighted by Gasteiger charge is -2.28. The maximum absolute atomic E-state index is 8.61. The van der Waals surface area contributed by atoms with Gasteiger partial charge in [-0.25, -0.2) is 0 Å². The molecule has 2 nitrogen and oxygen atoms in total. The molecule has 1 rings (SSSR count). The predicted octanol–water partition coefficient (Wildman–Crippen LogP) is 3.33. The molecule has 0 amide bonds. The first kappa shape index (κ1) is 12.6. The van der Waals surface area contributed by atoms with Gasteiger partial charge >= 0.3 is 0 Å². The van der Waals surface area contributed by atoms with Gasteiger partial charge in [-0.2, -0.15) is 5.26 Å². The number of nitrogens with zero attached hydrogens (tertiary/aromatic N) is 2. The van der Waals surface area contributed by atoms with Gasteiger partial charge in [0, 0.05) is 19.3 Å². The Hall–Kier alpha value is -1.49. The van der Waals surface area contributed by atoms with Crippen LogP contribution in [0.5, 0.6) is 0 Å². The molecule has 0 unspecified atom stereocenters. The average molecular weight is 216 g/mol. The third-order valence-corrected chi connectivity index (χ3v) is 2.68. The van der Waals surface area contributed by atoms with E-state index < -0.39 is 0 Å². The molecule has 0 aromatic heterocycles. The zero-order valence-corrected chi connectivity index (χ0v) is 10.6. The number of anilines is 1. The van der Waals surface area contributed by atoms with Crippen molar-refractivity contribution >= 4 is 5.69 Å². The number of nitriles is 1. The van der Waals surface area contributed by atoms with Crippen molar-refractivity contribution < 1.29 is 0 Å². The Kier molecular flexibility index (Phi) is 3.95. The van der Waals surface area contributed by atoms with Crippen LogP contribution in [0, 0.1) is 11.3 Å². The van der Waals surface area contributed by atoms with Gasteiger partial charge in [0.1, 0.15) is 0 Å². The molecule has 0 saturated carbocycles. The summed E-state index contributed by atoms with van der Waals surface area (Å²) in [6, 6.07) is 10.6. The number of para-hydroxylation sites is 1. The van der Waals surface area contributed by atoms with Crippen molar-refractivity contribution in [2.45, 2.75) is 32.6 Å². The molecule has 0 atom stereocenters. The van der Waals surface area contributed by atoms with Gasteiger partial charge in [0.2, 0.25) is 0 Å². The summed E-state index contributed by atoms with van der Waals surface area (Å²) >= 11 is 0. The maximum Gasteiger partial charge on any atom is 0.0640 e. The minimum Gasteiger partial charge on any atom is -0.373 e. The fourth-order valence-corrected chi connectivity index (χ4v) is 1.78. The molecular formula is C14H20N2. The largest absolute Gasteiger partial charge is 0.373 e. The maximum atomic E-state index is 8.61. The monoisotopic (exact) mass is 216 g/mol. The third kappa shape index (κ3) is 3.00. The van der Waals surface area contributed by atoms with Gasteiger partial charge in [-0.3, -0.25) is 0 Å². The molecule has 16 heavy (non-hydrogen) atoms. The summed E-state index contributed by atoms with van der Waals surface area (Å²) < 4.78 is 0. The van der Waals surface area contributed by atoms with E-state index in [0.29, 0.717) is 6.42 Å². The summed E-state index contributed by atoms with van der Waals surface area (Å²) in [5.74, 6) is 0. The Bertz CT molecular complexity index is 382. The number of benzene rings is 1. The Morgan fingerprint density at radius 1 is 1.25 bits per heavy atom. The van der Waals surface area contributed by atoms with E-state index in [2.05, 4.69) is 49.9 Å². The van der Waals surface area contributed by atoms with Crippen LogP contribution in [0.4, 0.5) is 5.69 Å². The number of hydrogen-bond acceptors (Lipinski definition) is 2. The second-order valence-corrected chi connectivity index (χ2v) is 5.10. The standard InChI is InChI=1S/C14H20N2/c1-14(2,3)12-8-5-6-9-13(12)16(4)11-7-10-15/h5-6,8-9H,7,11H2,1-4H3. The SMILES string of the molecule is CN(CCC#N)c1ccccc1C(C)(C)C. The van der Waals surface area contributed by atoms with Crippen molar-refractivity contribution in [3.63, 3.8) is 0 Å². The topological polar surface area (TPSA) is 27.0 Å². The lowest BCUT2D eigenvalue weighted by Crippen LogP contribution is -2.23. The van der Waals surface area contributed by atoms with Crippen molar-refractivity contribution in [2.24, 2.45) is 0 Å². The summed E-state index contributed by atoms with van der Waals surface area (Å²) in [5, 5.41) is 8.61. The highest BCUT2D eigenvalue weighted by Crippen LogP contribution is 2.31. The second kappa shape index (κ2) is 5.03. The lowest BCUT2D eigenvalue weighted by molar-refractivity contribution is 0.588. The summed E-state index contributed by atoms with van der Waals surface area (Å²) in [6.45, 7) is 7.42. The summed E-state index contributed by atoms with van der Waals surface area (Å²) in [6.07, 6.45) is 0.564. The Labute approximate surface area is 98.5 Å². The van der Waals surface area contributed by atoms with Crippen molar-refractivity contribution in [1.29, 1.82) is 5.26 Å². The molecule has 0 N–H and O–H groups in total. The molecule has 0 saturated heterocycles. The van der Waals surface area contributed by atoms with Gasteiger partial charge in [-0.05, 0) is 17.0 Å². The van der Waals surface area contributed by atoms with E-state index in [4.69, 9.17) is 5.26 Å². The molecule has 1 aromatic rings. The van der Waals surface area contributed by atoms with E-state index in [9.17, 15) is 0 Å². The highest BCUT2D eigenvalue weighted by atomic mass is 15.1. The molecule has 0 spiro atoms. The van der Waals surface area contributed by atoms with Crippen LogP contribution >= 0.6 is 0 Å². The van der Waals surface area contributed by atoms with Crippen LogP contribution in [-0.4, -0.2) is 13.6 Å². The smallest absolute Gasteiger partial charge is 0.0640 e. The van der Waals surface area contributed by atoms with Gasteiger partial charge in [0.05, 0.1) is 12.5 Å². The van der Waals surface area contributed by atoms with Crippen LogP contribution in [0.2, 0.25) is 0 Å². The van der Waals surface area contributed by atoms with Crippen LogP contribution in [0.1, 0.15) is 32.8 Å². The minimum atomic E-state index is 0.136. The van der Waals surface area contributed by atoms with Crippen molar-refractivity contribution in [1.82, 2.24) is 0 Å². The first-order chi connectivity index (χ1) is 7.46. The molecule has 2 heteroatoms. The number of rotatable bonds is 3. The first-order valence-corrected chi connectivity index (χ1v) is 5.64. The summed E-state index contributed by atoms with van der Waals surface area (Å²) in [4.78, 5) is 2.16. The van der Waals surface area contributed by atoms with Crippen molar-refractivity contribution in [2.75, 3.05) is 18.5 Å². The highest BCUT2D eigenvalue weighted by molar-refractivity contribution is 5.55. The van der Waals surface area contributed by atoms with E-state index >= 15 is 0 Å². The quantitative estimate of drug-likeness (QED) is 0.775. The average Bonchev–Trinajstić information content (AvgIpc) is 2.24. The van der Waals surface area contributed by atoms with E-state index in [0.717, 1.165) is 6.54 Å². The zero-order chi connectivity index (χ0) is 12.2. The Morgan fingerprint density at radius 3 is 2.44 bits per heavy atom. The van der Waals surface area contributed by atoms with Gasteiger partial charge in [0.25, 0.3) is 0 Å². The fraction of sp³-hybridized carbons (Fsp3) is 0.500. The summed E-state index contributed by atoms with van der Waals surface area (Å²) in [7, 11) is 2.04. The van der Waals surface area contributed by atoms with Crippen molar-refractivity contribution in [3.05, 3.63) is 29.8 Å². The second-order valence-electron chi connectivity index (χ2n) is 5.10. The van der Waals surface area contributed by atoms with E-state index in [-0.39, 0.29) is 5.41 Å². The first-order valence-electron chi connectivity index (χ1n) is 5.64. The van der Waals surface area contributed by atoms with Crippen LogP contribution in [0.3, 0.4) is 0 Å². The molecule has 0 fully saturated rings. The van der Waals surface area contributed by atoms with Gasteiger partial charge in [0.15, 0.2) is 0 Å². The molecule has 0 bridgehead atoms. The van der Waals surface area contributed by atoms with E-state index in [1.807, 2.05) is 13.1 Å². The minimum absolute atomic E-state index is 0.136. The van der Waals surface area contributed by atoms with Gasteiger partial charge in [-0.1, -0.05) is 39.0 Å². The molecular weight excluding hydrogens is 196 g/mol. The van der Waals surface area contributed by atoms with Gasteiger partial charge < -0.3 is 4.90 Å². The Morgan fingerprint density at radius 2 is 1.88 bits per heavy atom. The third-order valence-electron chi connectivity index (χ3n) is 2.68. The Balaban J connectivity index is 3.00. The summed E-state index contributed by atoms with van der Waals surface area (Å²) in [5.41, 5.74) is 2.69. The van der Waals surface area contributed by atoms with E-state index in [1.54, 1.807) is 0 Å². The fourth-order valence-electron chi connectivity index (χ4n) is 1.78. The van der Waals surface area contributed by atoms with Crippen LogP contribution in [-0.2, 0) is 5.41 Å². The zero-order valence-electron chi connectivity index (χ0n) is 10.6. The molecule has 1 aromatic carbocycles. The van der Waals surface area contributed by atoms with Gasteiger partial charge in [-0.15, -0.1) is 0 Å². The molecule has 0 heterocycles. The highest BCUT2D eigenvalue weighted by Gasteiger charge is 2.18. The van der Waals surface area contributed by atoms with Crippen LogP contribution < -0.4 is 4.90 Å². The van der Waals surface area contributed by atoms with Crippen LogP contribution in [0.25, 0.3) is 0 Å². The normalized spacial score (nSPS) is 10.9. The number of hydrogen-bond donors (Lipinski definition) is 0. The molecule has 0 aliphatic rings. The van der Waals surface area contributed by atoms with E-state index in [1.165, 1.54) is 11.3 Å². The van der Waals surface area contributed by atoms with Crippen LogP contribution in [0.15, 0.2) is 24.3 Å².